The Morgan fingerprint density at radius 3 is 2.38 bits per heavy atom. The quantitative estimate of drug-likeness (QED) is 0.582. The first-order valence-electron chi connectivity index (χ1n) is 7.82. The Kier molecular flexibility index (Phi) is 2.84. The van der Waals surface area contributed by atoms with Gasteiger partial charge >= 0.3 is 0 Å². The number of piperazine rings is 1. The third-order valence-electron chi connectivity index (χ3n) is 4.37. The number of hydrogen-bond donors (Lipinski definition) is 1. The molecule has 0 aliphatic carbocycles. The molecule has 4 aromatic heterocycles. The standard InChI is InChI=1S/C15H15N9/c1-3-22-4-2-17-15(14(22)16-1)24-7-5-23(6-8-24)13-11-12(19-9-18-11)20-10-21-13/h1-4,9-10H,5-8H2,(H,18,19,20,21). The zero-order valence-corrected chi connectivity index (χ0v) is 12.9. The van der Waals surface area contributed by atoms with E-state index in [1.165, 1.54) is 0 Å². The largest absolute Gasteiger partial charge is 0.351 e. The molecule has 1 aliphatic rings. The number of fused-ring (bicyclic) bond motifs is 2. The van der Waals surface area contributed by atoms with E-state index in [1.807, 2.05) is 23.0 Å². The molecule has 1 N–H and O–H groups in total. The number of aromatic nitrogens is 7. The van der Waals surface area contributed by atoms with Crippen LogP contribution in [0.2, 0.25) is 0 Å². The van der Waals surface area contributed by atoms with Gasteiger partial charge in [0.1, 0.15) is 11.8 Å². The molecule has 0 unspecified atom stereocenters. The summed E-state index contributed by atoms with van der Waals surface area (Å²) in [6, 6.07) is 0. The molecule has 1 aliphatic heterocycles. The van der Waals surface area contributed by atoms with Crippen molar-refractivity contribution in [2.45, 2.75) is 0 Å². The van der Waals surface area contributed by atoms with E-state index in [0.29, 0.717) is 5.65 Å². The lowest BCUT2D eigenvalue weighted by atomic mass is 10.3. The third-order valence-corrected chi connectivity index (χ3v) is 4.37. The van der Waals surface area contributed by atoms with Crippen molar-refractivity contribution >= 4 is 28.4 Å². The number of imidazole rings is 2. The molecule has 0 spiro atoms. The molecular formula is C15H15N9. The SMILES string of the molecule is c1cn2ccnc2c(N2CCN(c3ncnc4nc[nH]c34)CC2)n1. The fourth-order valence-corrected chi connectivity index (χ4v) is 3.19. The highest BCUT2D eigenvalue weighted by molar-refractivity contribution is 5.82. The van der Waals surface area contributed by atoms with Crippen LogP contribution in [0.4, 0.5) is 11.6 Å². The number of nitrogens with zero attached hydrogens (tertiary/aromatic N) is 8. The summed E-state index contributed by atoms with van der Waals surface area (Å²) < 4.78 is 1.99. The molecule has 0 aromatic carbocycles. The molecule has 9 nitrogen and oxygen atoms in total. The first kappa shape index (κ1) is 13.2. The molecule has 24 heavy (non-hydrogen) atoms. The van der Waals surface area contributed by atoms with E-state index < -0.39 is 0 Å². The van der Waals surface area contributed by atoms with Crippen LogP contribution in [-0.4, -0.2) is 60.5 Å². The monoisotopic (exact) mass is 321 g/mol. The summed E-state index contributed by atoms with van der Waals surface area (Å²) in [4.78, 5) is 29.4. The Hall–Kier alpha value is -3.23. The number of aromatic amines is 1. The van der Waals surface area contributed by atoms with Crippen LogP contribution < -0.4 is 9.80 Å². The van der Waals surface area contributed by atoms with Crippen molar-refractivity contribution in [2.24, 2.45) is 0 Å². The second-order valence-corrected chi connectivity index (χ2v) is 5.68. The first-order valence-corrected chi connectivity index (χ1v) is 7.82. The van der Waals surface area contributed by atoms with E-state index in [0.717, 1.165) is 49.0 Å². The summed E-state index contributed by atoms with van der Waals surface area (Å²) in [5, 5.41) is 0. The number of hydrogen-bond acceptors (Lipinski definition) is 7. The van der Waals surface area contributed by atoms with Crippen molar-refractivity contribution in [3.63, 3.8) is 0 Å². The fourth-order valence-electron chi connectivity index (χ4n) is 3.19. The number of anilines is 2. The van der Waals surface area contributed by atoms with Crippen molar-refractivity contribution in [1.82, 2.24) is 34.3 Å². The molecule has 1 fully saturated rings. The summed E-state index contributed by atoms with van der Waals surface area (Å²) in [7, 11) is 0. The van der Waals surface area contributed by atoms with E-state index in [4.69, 9.17) is 0 Å². The topological polar surface area (TPSA) is 91.1 Å². The number of rotatable bonds is 2. The molecule has 0 atom stereocenters. The highest BCUT2D eigenvalue weighted by Gasteiger charge is 2.23. The Morgan fingerprint density at radius 2 is 1.54 bits per heavy atom. The summed E-state index contributed by atoms with van der Waals surface area (Å²) in [5.41, 5.74) is 2.48. The molecule has 5 heterocycles. The molecule has 0 radical (unpaired) electrons. The van der Waals surface area contributed by atoms with E-state index in [-0.39, 0.29) is 0 Å². The predicted molar refractivity (Wildman–Crippen MR) is 89.1 cm³/mol. The van der Waals surface area contributed by atoms with Gasteiger partial charge in [0.2, 0.25) is 0 Å². The van der Waals surface area contributed by atoms with E-state index >= 15 is 0 Å². The highest BCUT2D eigenvalue weighted by Crippen LogP contribution is 2.23. The molecule has 5 rings (SSSR count). The lowest BCUT2D eigenvalue weighted by Crippen LogP contribution is -2.47. The smallest absolute Gasteiger partial charge is 0.182 e. The van der Waals surface area contributed by atoms with E-state index in [9.17, 15) is 0 Å². The van der Waals surface area contributed by atoms with Gasteiger partial charge in [-0.05, 0) is 0 Å². The van der Waals surface area contributed by atoms with Gasteiger partial charge < -0.3 is 19.2 Å². The van der Waals surface area contributed by atoms with Crippen molar-refractivity contribution in [1.29, 1.82) is 0 Å². The van der Waals surface area contributed by atoms with Gasteiger partial charge in [0.05, 0.1) is 6.33 Å². The Labute approximate surface area is 137 Å². The molecule has 120 valence electrons. The number of H-pyrrole nitrogens is 1. The molecule has 4 aromatic rings. The lowest BCUT2D eigenvalue weighted by molar-refractivity contribution is 0.643. The predicted octanol–water partition coefficient (Wildman–Crippen LogP) is 0.722. The highest BCUT2D eigenvalue weighted by atomic mass is 15.3. The lowest BCUT2D eigenvalue weighted by Gasteiger charge is -2.36. The summed E-state index contributed by atoms with van der Waals surface area (Å²) in [6.45, 7) is 3.43. The molecule has 1 saturated heterocycles. The van der Waals surface area contributed by atoms with Gasteiger partial charge in [-0.2, -0.15) is 0 Å². The van der Waals surface area contributed by atoms with Crippen LogP contribution in [0.3, 0.4) is 0 Å². The van der Waals surface area contributed by atoms with Gasteiger partial charge in [0, 0.05) is 51.0 Å². The molecule has 9 heteroatoms. The van der Waals surface area contributed by atoms with Crippen LogP contribution in [0.1, 0.15) is 0 Å². The van der Waals surface area contributed by atoms with Gasteiger partial charge in [-0.3, -0.25) is 0 Å². The third kappa shape index (κ3) is 1.98. The maximum absolute atomic E-state index is 4.52. The zero-order valence-electron chi connectivity index (χ0n) is 12.9. The van der Waals surface area contributed by atoms with Gasteiger partial charge in [-0.25, -0.2) is 24.9 Å². The zero-order chi connectivity index (χ0) is 15.9. The van der Waals surface area contributed by atoms with Gasteiger partial charge in [-0.1, -0.05) is 0 Å². The summed E-state index contributed by atoms with van der Waals surface area (Å²) >= 11 is 0. The van der Waals surface area contributed by atoms with Crippen LogP contribution in [0.25, 0.3) is 16.8 Å². The van der Waals surface area contributed by atoms with Crippen LogP contribution >= 0.6 is 0 Å². The van der Waals surface area contributed by atoms with Crippen molar-refractivity contribution < 1.29 is 0 Å². The molecule has 0 bridgehead atoms. The first-order chi connectivity index (χ1) is 11.9. The second kappa shape index (κ2) is 5.15. The number of nitrogens with one attached hydrogen (secondary N) is 1. The Bertz CT molecular complexity index is 914. The van der Waals surface area contributed by atoms with Gasteiger partial charge in [0.15, 0.2) is 22.9 Å². The van der Waals surface area contributed by atoms with Crippen molar-refractivity contribution in [3.8, 4) is 0 Å². The van der Waals surface area contributed by atoms with Crippen LogP contribution in [-0.2, 0) is 0 Å². The average molecular weight is 321 g/mol. The molecular weight excluding hydrogens is 306 g/mol. The minimum absolute atomic E-state index is 0.700. The van der Waals surface area contributed by atoms with Crippen LogP contribution in [0.15, 0.2) is 37.4 Å². The maximum atomic E-state index is 4.52. The van der Waals surface area contributed by atoms with E-state index in [1.54, 1.807) is 18.9 Å². The van der Waals surface area contributed by atoms with Gasteiger partial charge in [0.25, 0.3) is 0 Å². The second-order valence-electron chi connectivity index (χ2n) is 5.68. The Balaban J connectivity index is 1.41. The van der Waals surface area contributed by atoms with E-state index in [2.05, 4.69) is 39.7 Å². The van der Waals surface area contributed by atoms with Crippen LogP contribution in [0, 0.1) is 0 Å². The van der Waals surface area contributed by atoms with Gasteiger partial charge in [-0.15, -0.1) is 0 Å². The van der Waals surface area contributed by atoms with Crippen LogP contribution in [0.5, 0.6) is 0 Å². The van der Waals surface area contributed by atoms with Crippen molar-refractivity contribution in [3.05, 3.63) is 37.4 Å². The fraction of sp³-hybridized carbons (Fsp3) is 0.267. The Morgan fingerprint density at radius 1 is 0.792 bits per heavy atom. The average Bonchev–Trinajstić information content (AvgIpc) is 3.30. The molecule has 0 amide bonds. The minimum Gasteiger partial charge on any atom is -0.351 e. The normalized spacial score (nSPS) is 15.5. The molecule has 0 saturated carbocycles. The van der Waals surface area contributed by atoms with Crippen molar-refractivity contribution in [2.75, 3.05) is 36.0 Å². The summed E-state index contributed by atoms with van der Waals surface area (Å²) in [6.07, 6.45) is 10.7. The maximum Gasteiger partial charge on any atom is 0.182 e. The summed E-state index contributed by atoms with van der Waals surface area (Å²) in [5.74, 6) is 1.83. The minimum atomic E-state index is 0.700.